The molecule has 0 radical (unpaired) electrons. The Morgan fingerprint density at radius 1 is 0.885 bits per heavy atom. The second-order valence-corrected chi connectivity index (χ2v) is 6.15. The molecule has 0 bridgehead atoms. The Bertz CT molecular complexity index is 1020. The lowest BCUT2D eigenvalue weighted by atomic mass is 10.1. The van der Waals surface area contributed by atoms with Crippen molar-refractivity contribution < 1.29 is 14.3 Å². The average molecular weight is 347 g/mol. The first-order chi connectivity index (χ1) is 12.5. The Labute approximate surface area is 150 Å². The predicted octanol–water partition coefficient (Wildman–Crippen LogP) is 3.11. The number of aryl methyl sites for hydroxylation is 2. The number of benzene rings is 1. The van der Waals surface area contributed by atoms with E-state index in [2.05, 4.69) is 4.98 Å². The number of ether oxygens (including phenoxy) is 1. The molecular formula is C20H17N3O3. The highest BCUT2D eigenvalue weighted by molar-refractivity contribution is 6.30. The van der Waals surface area contributed by atoms with Crippen LogP contribution in [0.1, 0.15) is 32.0 Å². The second-order valence-electron chi connectivity index (χ2n) is 6.15. The number of amides is 2. The number of hydrogen-bond donors (Lipinski definition) is 0. The van der Waals surface area contributed by atoms with Crippen LogP contribution in [0.2, 0.25) is 0 Å². The highest BCUT2D eigenvalue weighted by atomic mass is 16.5. The van der Waals surface area contributed by atoms with Crippen LogP contribution in [0.3, 0.4) is 0 Å². The van der Waals surface area contributed by atoms with Gasteiger partial charge in [-0.05, 0) is 43.7 Å². The summed E-state index contributed by atoms with van der Waals surface area (Å²) in [7, 11) is 1.56. The molecule has 0 spiro atoms. The first kappa shape index (κ1) is 16.1. The smallest absolute Gasteiger partial charge is 0.281 e. The number of carbonyl (C=O) groups excluding carboxylic acids is 2. The maximum atomic E-state index is 12.8. The van der Waals surface area contributed by atoms with E-state index in [1.54, 1.807) is 48.3 Å². The Balaban J connectivity index is 1.87. The minimum absolute atomic E-state index is 0.332. The first-order valence-corrected chi connectivity index (χ1v) is 8.21. The summed E-state index contributed by atoms with van der Waals surface area (Å²) in [6, 6.07) is 12.4. The Morgan fingerprint density at radius 3 is 2.12 bits per heavy atom. The molecule has 1 aromatic carbocycles. The van der Waals surface area contributed by atoms with Crippen molar-refractivity contribution in [3.8, 4) is 17.1 Å². The van der Waals surface area contributed by atoms with Gasteiger partial charge in [0.1, 0.15) is 0 Å². The van der Waals surface area contributed by atoms with E-state index < -0.39 is 0 Å². The van der Waals surface area contributed by atoms with Gasteiger partial charge in [0.2, 0.25) is 5.88 Å². The topological polar surface area (TPSA) is 64.4 Å². The fourth-order valence-electron chi connectivity index (χ4n) is 3.29. The summed E-state index contributed by atoms with van der Waals surface area (Å²) >= 11 is 0. The van der Waals surface area contributed by atoms with E-state index in [4.69, 9.17) is 4.74 Å². The van der Waals surface area contributed by atoms with Crippen molar-refractivity contribution in [1.29, 1.82) is 0 Å². The van der Waals surface area contributed by atoms with E-state index in [-0.39, 0.29) is 11.8 Å². The lowest BCUT2D eigenvalue weighted by Gasteiger charge is -2.20. The van der Waals surface area contributed by atoms with Gasteiger partial charge in [0, 0.05) is 17.8 Å². The van der Waals surface area contributed by atoms with E-state index in [1.807, 2.05) is 26.0 Å². The molecule has 1 aliphatic rings. The Morgan fingerprint density at radius 2 is 1.54 bits per heavy atom. The molecular weight excluding hydrogens is 330 g/mol. The number of aromatic nitrogens is 2. The number of methoxy groups -OCH3 is 1. The van der Waals surface area contributed by atoms with Gasteiger partial charge in [0.15, 0.2) is 0 Å². The maximum Gasteiger partial charge on any atom is 0.281 e. The highest BCUT2D eigenvalue weighted by Crippen LogP contribution is 2.31. The maximum absolute atomic E-state index is 12.8. The molecule has 6 heteroatoms. The SMILES string of the molecule is COc1ccc(-c2c(C)ccn2N2C(=O)c3ccccc3C2=O)c(C)n1. The van der Waals surface area contributed by atoms with E-state index >= 15 is 0 Å². The Hall–Kier alpha value is -3.41. The molecule has 2 amide bonds. The molecule has 0 atom stereocenters. The third-order valence-corrected chi connectivity index (χ3v) is 4.58. The average Bonchev–Trinajstić information content (AvgIpc) is 3.13. The number of hydrogen-bond acceptors (Lipinski definition) is 4. The van der Waals surface area contributed by atoms with Gasteiger partial charge >= 0.3 is 0 Å². The van der Waals surface area contributed by atoms with Crippen LogP contribution >= 0.6 is 0 Å². The van der Waals surface area contributed by atoms with Gasteiger partial charge in [0.05, 0.1) is 29.6 Å². The summed E-state index contributed by atoms with van der Waals surface area (Å²) in [6.07, 6.45) is 1.73. The van der Waals surface area contributed by atoms with Crippen LogP contribution < -0.4 is 9.75 Å². The lowest BCUT2D eigenvalue weighted by Crippen LogP contribution is -2.39. The molecule has 3 aromatic rings. The molecule has 2 aromatic heterocycles. The van der Waals surface area contributed by atoms with E-state index in [9.17, 15) is 9.59 Å². The van der Waals surface area contributed by atoms with Gasteiger partial charge in [-0.2, -0.15) is 5.01 Å². The second kappa shape index (κ2) is 5.84. The molecule has 0 aliphatic carbocycles. The van der Waals surface area contributed by atoms with Gasteiger partial charge in [-0.25, -0.2) is 9.66 Å². The van der Waals surface area contributed by atoms with Crippen molar-refractivity contribution in [3.63, 3.8) is 0 Å². The minimum Gasteiger partial charge on any atom is -0.481 e. The van der Waals surface area contributed by atoms with Crippen molar-refractivity contribution in [1.82, 2.24) is 9.66 Å². The summed E-state index contributed by atoms with van der Waals surface area (Å²) in [5.74, 6) is -0.147. The summed E-state index contributed by atoms with van der Waals surface area (Å²) in [5.41, 5.74) is 4.12. The lowest BCUT2D eigenvalue weighted by molar-refractivity contribution is 0.0887. The third-order valence-electron chi connectivity index (χ3n) is 4.58. The predicted molar refractivity (Wildman–Crippen MR) is 97.0 cm³/mol. The third kappa shape index (κ3) is 2.23. The molecule has 0 saturated heterocycles. The van der Waals surface area contributed by atoms with E-state index in [0.717, 1.165) is 22.5 Å². The number of pyridine rings is 1. The van der Waals surface area contributed by atoms with Crippen LogP contribution in [0, 0.1) is 13.8 Å². The first-order valence-electron chi connectivity index (χ1n) is 8.21. The van der Waals surface area contributed by atoms with Crippen LogP contribution in [0.4, 0.5) is 0 Å². The molecule has 0 N–H and O–H groups in total. The molecule has 6 nitrogen and oxygen atoms in total. The molecule has 3 heterocycles. The number of fused-ring (bicyclic) bond motifs is 1. The number of imide groups is 1. The number of rotatable bonds is 3. The highest BCUT2D eigenvalue weighted by Gasteiger charge is 2.37. The number of nitrogens with zero attached hydrogens (tertiary/aromatic N) is 3. The molecule has 0 fully saturated rings. The van der Waals surface area contributed by atoms with Gasteiger partial charge in [-0.15, -0.1) is 0 Å². The quantitative estimate of drug-likeness (QED) is 0.683. The van der Waals surface area contributed by atoms with Gasteiger partial charge < -0.3 is 4.74 Å². The van der Waals surface area contributed by atoms with Crippen LogP contribution in [-0.2, 0) is 0 Å². The summed E-state index contributed by atoms with van der Waals surface area (Å²) < 4.78 is 6.78. The molecule has 4 rings (SSSR count). The zero-order valence-corrected chi connectivity index (χ0v) is 14.7. The summed E-state index contributed by atoms with van der Waals surface area (Å²) in [5, 5.41) is 1.18. The normalized spacial score (nSPS) is 13.3. The van der Waals surface area contributed by atoms with Gasteiger partial charge in [-0.3, -0.25) is 9.59 Å². The molecule has 0 saturated carbocycles. The largest absolute Gasteiger partial charge is 0.481 e. The van der Waals surface area contributed by atoms with Crippen molar-refractivity contribution in [2.75, 3.05) is 12.1 Å². The Kier molecular flexibility index (Phi) is 3.61. The molecule has 26 heavy (non-hydrogen) atoms. The summed E-state index contributed by atoms with van der Waals surface area (Å²) in [4.78, 5) is 30.1. The van der Waals surface area contributed by atoms with Gasteiger partial charge in [-0.1, -0.05) is 12.1 Å². The zero-order chi connectivity index (χ0) is 18.4. The van der Waals surface area contributed by atoms with Crippen LogP contribution in [0.25, 0.3) is 11.3 Å². The standard InChI is InChI=1S/C20H17N3O3/c1-12-10-11-22(18(12)14-8-9-17(26-3)21-13(14)2)23-19(24)15-6-4-5-7-16(15)20(23)25/h4-11H,1-3H3. The van der Waals surface area contributed by atoms with Crippen molar-refractivity contribution in [3.05, 3.63) is 71.0 Å². The molecule has 0 unspecified atom stereocenters. The van der Waals surface area contributed by atoms with Crippen LogP contribution in [0.5, 0.6) is 5.88 Å². The van der Waals surface area contributed by atoms with Crippen LogP contribution in [0.15, 0.2) is 48.7 Å². The van der Waals surface area contributed by atoms with Crippen molar-refractivity contribution >= 4 is 11.8 Å². The zero-order valence-electron chi connectivity index (χ0n) is 14.7. The number of carbonyl (C=O) groups is 2. The van der Waals surface area contributed by atoms with E-state index in [0.29, 0.717) is 17.0 Å². The minimum atomic E-state index is -0.332. The van der Waals surface area contributed by atoms with E-state index in [1.165, 1.54) is 5.01 Å². The van der Waals surface area contributed by atoms with Gasteiger partial charge in [0.25, 0.3) is 11.8 Å². The fourth-order valence-corrected chi connectivity index (χ4v) is 3.29. The van der Waals surface area contributed by atoms with Crippen molar-refractivity contribution in [2.45, 2.75) is 13.8 Å². The van der Waals surface area contributed by atoms with Crippen LogP contribution in [-0.4, -0.2) is 28.6 Å². The summed E-state index contributed by atoms with van der Waals surface area (Å²) in [6.45, 7) is 3.81. The fraction of sp³-hybridized carbons (Fsp3) is 0.150. The monoisotopic (exact) mass is 347 g/mol. The van der Waals surface area contributed by atoms with Crippen molar-refractivity contribution in [2.24, 2.45) is 0 Å². The molecule has 130 valence electrons. The molecule has 1 aliphatic heterocycles.